The Morgan fingerprint density at radius 1 is 1.28 bits per heavy atom. The molecule has 1 aromatic rings. The fourth-order valence-electron chi connectivity index (χ4n) is 3.28. The highest BCUT2D eigenvalue weighted by atomic mass is 127. The number of halogens is 1. The van der Waals surface area contributed by atoms with Crippen LogP contribution < -0.4 is 15.4 Å². The highest BCUT2D eigenvalue weighted by molar-refractivity contribution is 14.0. The van der Waals surface area contributed by atoms with Gasteiger partial charge >= 0.3 is 0 Å². The second kappa shape index (κ2) is 13.6. The van der Waals surface area contributed by atoms with Crippen LogP contribution in [0.2, 0.25) is 0 Å². The minimum absolute atomic E-state index is 0. The number of nitrogens with zero attached hydrogens (tertiary/aromatic N) is 1. The van der Waals surface area contributed by atoms with Crippen LogP contribution in [0, 0.1) is 6.92 Å². The Bertz CT molecular complexity index is 631. The maximum atomic E-state index is 6.13. The van der Waals surface area contributed by atoms with Gasteiger partial charge in [-0.3, -0.25) is 4.99 Å². The van der Waals surface area contributed by atoms with E-state index in [9.17, 15) is 0 Å². The van der Waals surface area contributed by atoms with Crippen molar-refractivity contribution in [3.63, 3.8) is 0 Å². The Hall–Kier alpha value is -0.670. The maximum Gasteiger partial charge on any atom is 0.191 e. The minimum Gasteiger partial charge on any atom is -0.490 e. The highest BCUT2D eigenvalue weighted by Crippen LogP contribution is 2.34. The number of guanidine groups is 1. The Morgan fingerprint density at radius 3 is 2.62 bits per heavy atom. The lowest BCUT2D eigenvalue weighted by molar-refractivity contribution is 0.0782. The summed E-state index contributed by atoms with van der Waals surface area (Å²) in [5, 5.41) is 6.99. The van der Waals surface area contributed by atoms with E-state index in [0.29, 0.717) is 6.54 Å². The summed E-state index contributed by atoms with van der Waals surface area (Å²) in [5.41, 5.74) is 2.36. The third-order valence-electron chi connectivity index (χ3n) is 5.23. The van der Waals surface area contributed by atoms with Crippen molar-refractivity contribution in [2.75, 3.05) is 32.6 Å². The first-order chi connectivity index (χ1) is 13.5. The van der Waals surface area contributed by atoms with E-state index in [1.807, 2.05) is 18.8 Å². The molecule has 1 saturated heterocycles. The molecule has 0 aromatic heterocycles. The van der Waals surface area contributed by atoms with Gasteiger partial charge in [-0.05, 0) is 50.5 Å². The van der Waals surface area contributed by atoms with E-state index in [2.05, 4.69) is 61.5 Å². The molecular weight excluding hydrogens is 497 g/mol. The summed E-state index contributed by atoms with van der Waals surface area (Å²) in [5.74, 6) is 2.91. The van der Waals surface area contributed by atoms with Crippen LogP contribution in [0.4, 0.5) is 0 Å². The molecule has 1 aromatic carbocycles. The van der Waals surface area contributed by atoms with E-state index in [1.165, 1.54) is 5.56 Å². The summed E-state index contributed by atoms with van der Waals surface area (Å²) in [7, 11) is 1.82. The normalized spacial score (nSPS) is 17.2. The predicted octanol–water partition coefficient (Wildman–Crippen LogP) is 4.76. The average molecular weight is 536 g/mol. The molecule has 0 saturated carbocycles. The van der Waals surface area contributed by atoms with Crippen LogP contribution in [0.15, 0.2) is 23.2 Å². The molecule has 5 nitrogen and oxygen atoms in total. The number of hydrogen-bond donors (Lipinski definition) is 2. The van der Waals surface area contributed by atoms with E-state index in [1.54, 1.807) is 0 Å². The third kappa shape index (κ3) is 8.53. The SMILES string of the molecule is CCSC1(CNC(=NC)NCc2ccc(C)cc2OC(C)CC)CCOCC1.I. The second-order valence-corrected chi connectivity index (χ2v) is 9.19. The standard InChI is InChI=1S/C22H37N3O2S.HI/c1-6-18(4)27-20-14-17(3)8-9-19(20)15-24-21(23-5)25-16-22(28-7-2)10-12-26-13-11-22;/h8-9,14,18H,6-7,10-13,15-16H2,1-5H3,(H2,23,24,25);1H. The molecule has 166 valence electrons. The van der Waals surface area contributed by atoms with Crippen LogP contribution in [0.3, 0.4) is 0 Å². The van der Waals surface area contributed by atoms with Crippen molar-refractivity contribution < 1.29 is 9.47 Å². The van der Waals surface area contributed by atoms with Crippen LogP contribution >= 0.6 is 35.7 Å². The van der Waals surface area contributed by atoms with Crippen molar-refractivity contribution in [3.05, 3.63) is 29.3 Å². The van der Waals surface area contributed by atoms with Crippen LogP contribution in [-0.2, 0) is 11.3 Å². The van der Waals surface area contributed by atoms with Crippen molar-refractivity contribution in [1.82, 2.24) is 10.6 Å². The van der Waals surface area contributed by atoms with E-state index >= 15 is 0 Å². The van der Waals surface area contributed by atoms with Crippen LogP contribution in [0.5, 0.6) is 5.75 Å². The average Bonchev–Trinajstić information content (AvgIpc) is 2.70. The van der Waals surface area contributed by atoms with Gasteiger partial charge < -0.3 is 20.1 Å². The molecule has 1 heterocycles. The van der Waals surface area contributed by atoms with E-state index in [4.69, 9.17) is 9.47 Å². The zero-order chi connectivity index (χ0) is 20.4. The monoisotopic (exact) mass is 535 g/mol. The molecule has 2 N–H and O–H groups in total. The fraction of sp³-hybridized carbons (Fsp3) is 0.682. The van der Waals surface area contributed by atoms with Crippen LogP contribution in [0.25, 0.3) is 0 Å². The summed E-state index contributed by atoms with van der Waals surface area (Å²) in [6, 6.07) is 6.39. The van der Waals surface area contributed by atoms with Gasteiger partial charge in [0.15, 0.2) is 5.96 Å². The predicted molar refractivity (Wildman–Crippen MR) is 136 cm³/mol. The fourth-order valence-corrected chi connectivity index (χ4v) is 4.53. The number of thioether (sulfide) groups is 1. The van der Waals surface area contributed by atoms with Crippen LogP contribution in [-0.4, -0.2) is 49.4 Å². The zero-order valence-electron chi connectivity index (χ0n) is 18.5. The molecule has 29 heavy (non-hydrogen) atoms. The lowest BCUT2D eigenvalue weighted by Crippen LogP contribution is -2.48. The molecular formula is C22H38IN3O2S. The van der Waals surface area contributed by atoms with Gasteiger partial charge in [0.2, 0.25) is 0 Å². The molecule has 0 bridgehead atoms. The van der Waals surface area contributed by atoms with Crippen molar-refractivity contribution in [1.29, 1.82) is 0 Å². The van der Waals surface area contributed by atoms with Gasteiger partial charge in [0.1, 0.15) is 5.75 Å². The van der Waals surface area contributed by atoms with Gasteiger partial charge in [-0.1, -0.05) is 26.0 Å². The Labute approximate surface area is 198 Å². The third-order valence-corrected chi connectivity index (χ3v) is 6.68. The zero-order valence-corrected chi connectivity index (χ0v) is 21.7. The van der Waals surface area contributed by atoms with Gasteiger partial charge in [-0.2, -0.15) is 11.8 Å². The first kappa shape index (κ1) is 26.4. The summed E-state index contributed by atoms with van der Waals surface area (Å²) >= 11 is 2.03. The van der Waals surface area contributed by atoms with Crippen molar-refractivity contribution in [2.24, 2.45) is 4.99 Å². The Kier molecular flexibility index (Phi) is 12.4. The summed E-state index contributed by atoms with van der Waals surface area (Å²) in [4.78, 5) is 4.42. The maximum absolute atomic E-state index is 6.13. The van der Waals surface area contributed by atoms with E-state index in [0.717, 1.165) is 62.0 Å². The molecule has 1 unspecified atom stereocenters. The molecule has 0 spiro atoms. The minimum atomic E-state index is 0. The summed E-state index contributed by atoms with van der Waals surface area (Å²) in [6.07, 6.45) is 3.36. The molecule has 1 atom stereocenters. The number of nitrogens with one attached hydrogen (secondary N) is 2. The van der Waals surface area contributed by atoms with Gasteiger partial charge in [0.25, 0.3) is 0 Å². The summed E-state index contributed by atoms with van der Waals surface area (Å²) in [6.45, 7) is 11.9. The first-order valence-electron chi connectivity index (χ1n) is 10.4. The molecule has 7 heteroatoms. The summed E-state index contributed by atoms with van der Waals surface area (Å²) < 4.78 is 11.9. The van der Waals surface area contributed by atoms with Crippen LogP contribution in [0.1, 0.15) is 51.2 Å². The lowest BCUT2D eigenvalue weighted by atomic mass is 9.99. The Balaban J connectivity index is 0.00000420. The molecule has 0 amide bonds. The van der Waals surface area contributed by atoms with Gasteiger partial charge in [-0.15, -0.1) is 24.0 Å². The molecule has 0 aliphatic carbocycles. The number of aliphatic imine (C=N–C) groups is 1. The van der Waals surface area contributed by atoms with Gasteiger partial charge in [-0.25, -0.2) is 0 Å². The van der Waals surface area contributed by atoms with E-state index < -0.39 is 0 Å². The second-order valence-electron chi connectivity index (χ2n) is 7.46. The topological polar surface area (TPSA) is 54.9 Å². The molecule has 0 radical (unpaired) electrons. The Morgan fingerprint density at radius 2 is 2.00 bits per heavy atom. The smallest absolute Gasteiger partial charge is 0.191 e. The van der Waals surface area contributed by atoms with Gasteiger partial charge in [0, 0.05) is 43.7 Å². The van der Waals surface area contributed by atoms with Crippen molar-refractivity contribution in [3.8, 4) is 5.75 Å². The quantitative estimate of drug-likeness (QED) is 0.272. The van der Waals surface area contributed by atoms with Crippen molar-refractivity contribution >= 4 is 41.7 Å². The molecule has 1 aliphatic heterocycles. The number of rotatable bonds is 9. The first-order valence-corrected chi connectivity index (χ1v) is 11.4. The number of aryl methyl sites for hydroxylation is 1. The van der Waals surface area contributed by atoms with E-state index in [-0.39, 0.29) is 34.8 Å². The number of ether oxygens (including phenoxy) is 2. The highest BCUT2D eigenvalue weighted by Gasteiger charge is 2.32. The molecule has 1 fully saturated rings. The number of benzene rings is 1. The largest absolute Gasteiger partial charge is 0.490 e. The molecule has 2 rings (SSSR count). The van der Waals surface area contributed by atoms with Gasteiger partial charge in [0.05, 0.1) is 6.10 Å². The lowest BCUT2D eigenvalue weighted by Gasteiger charge is -2.37. The number of hydrogen-bond acceptors (Lipinski definition) is 4. The molecule has 1 aliphatic rings. The van der Waals surface area contributed by atoms with Crippen molar-refractivity contribution in [2.45, 2.75) is 64.4 Å².